The van der Waals surface area contributed by atoms with Crippen molar-refractivity contribution in [2.45, 2.75) is 31.3 Å². The monoisotopic (exact) mass is 440 g/mol. The number of nitrogens with one attached hydrogen (secondary N) is 1. The van der Waals surface area contributed by atoms with Gasteiger partial charge in [0.25, 0.3) is 0 Å². The number of aromatic amines is 1. The highest BCUT2D eigenvalue weighted by molar-refractivity contribution is 5.89. The van der Waals surface area contributed by atoms with Gasteiger partial charge in [-0.1, -0.05) is 30.3 Å². The first-order valence-corrected chi connectivity index (χ1v) is 12.2. The number of imidazole rings is 1. The molecule has 4 aromatic rings. The zero-order valence-electron chi connectivity index (χ0n) is 19.5. The highest BCUT2D eigenvalue weighted by atomic mass is 15.3. The van der Waals surface area contributed by atoms with Gasteiger partial charge in [0.05, 0.1) is 29.0 Å². The van der Waals surface area contributed by atoms with Crippen molar-refractivity contribution in [2.75, 3.05) is 45.2 Å². The van der Waals surface area contributed by atoms with Crippen molar-refractivity contribution in [1.29, 1.82) is 0 Å². The summed E-state index contributed by atoms with van der Waals surface area (Å²) in [6.07, 6.45) is 5.37. The number of piperidine rings is 1. The first-order valence-electron chi connectivity index (χ1n) is 12.2. The maximum atomic E-state index is 5.20. The second-order valence-corrected chi connectivity index (χ2v) is 9.63. The Morgan fingerprint density at radius 2 is 1.70 bits per heavy atom. The largest absolute Gasteiger partial charge is 0.367 e. The van der Waals surface area contributed by atoms with Crippen LogP contribution in [0.3, 0.4) is 0 Å². The number of likely N-dealkylation sites (N-methyl/N-ethyl adjacent to an activating group) is 1. The second-order valence-electron chi connectivity index (χ2n) is 9.63. The minimum absolute atomic E-state index is 0.261. The van der Waals surface area contributed by atoms with Gasteiger partial charge in [-0.05, 0) is 56.9 Å². The van der Waals surface area contributed by atoms with Crippen LogP contribution in [0.2, 0.25) is 0 Å². The molecule has 4 heterocycles. The maximum absolute atomic E-state index is 5.20. The van der Waals surface area contributed by atoms with Crippen molar-refractivity contribution in [3.63, 3.8) is 0 Å². The molecule has 170 valence electrons. The lowest BCUT2D eigenvalue weighted by Crippen LogP contribution is -2.44. The van der Waals surface area contributed by atoms with Crippen LogP contribution in [-0.2, 0) is 0 Å². The second kappa shape index (κ2) is 8.43. The molecule has 2 aliphatic heterocycles. The van der Waals surface area contributed by atoms with E-state index in [2.05, 4.69) is 82.3 Å². The number of para-hydroxylation sites is 1. The summed E-state index contributed by atoms with van der Waals surface area (Å²) in [5.74, 6) is 1.08. The lowest BCUT2D eigenvalue weighted by Gasteiger charge is -2.38. The molecular weight excluding hydrogens is 408 g/mol. The van der Waals surface area contributed by atoms with E-state index < -0.39 is 0 Å². The van der Waals surface area contributed by atoms with Crippen LogP contribution in [0, 0.1) is 0 Å². The van der Waals surface area contributed by atoms with E-state index in [4.69, 9.17) is 9.97 Å². The SMILES string of the molecule is CN1CCN(c2cccc3[nH]c(C4CCCC(c5nccc6ccccc56)N4C)nc23)CC1. The average molecular weight is 441 g/mol. The number of rotatable bonds is 3. The third kappa shape index (κ3) is 3.67. The third-order valence-corrected chi connectivity index (χ3v) is 7.63. The van der Waals surface area contributed by atoms with Crippen LogP contribution in [0.1, 0.15) is 42.9 Å². The molecule has 2 aromatic heterocycles. The number of piperazine rings is 1. The minimum atomic E-state index is 0.261. The van der Waals surface area contributed by atoms with Gasteiger partial charge in [0.2, 0.25) is 0 Å². The Labute approximate surface area is 195 Å². The molecule has 0 radical (unpaired) electrons. The topological polar surface area (TPSA) is 51.3 Å². The number of H-pyrrole nitrogens is 1. The number of pyridine rings is 1. The normalized spacial score (nSPS) is 22.9. The zero-order valence-corrected chi connectivity index (χ0v) is 19.5. The molecule has 2 fully saturated rings. The molecule has 1 N–H and O–H groups in total. The number of anilines is 1. The molecule has 6 rings (SSSR count). The fourth-order valence-electron chi connectivity index (χ4n) is 5.69. The molecule has 0 aliphatic carbocycles. The third-order valence-electron chi connectivity index (χ3n) is 7.63. The van der Waals surface area contributed by atoms with E-state index in [-0.39, 0.29) is 6.04 Å². The van der Waals surface area contributed by atoms with E-state index in [1.807, 2.05) is 6.20 Å². The van der Waals surface area contributed by atoms with E-state index in [9.17, 15) is 0 Å². The van der Waals surface area contributed by atoms with Gasteiger partial charge in [0.1, 0.15) is 11.3 Å². The highest BCUT2D eigenvalue weighted by Gasteiger charge is 2.33. The van der Waals surface area contributed by atoms with E-state index >= 15 is 0 Å². The van der Waals surface area contributed by atoms with Crippen molar-refractivity contribution in [3.05, 3.63) is 66.2 Å². The van der Waals surface area contributed by atoms with Gasteiger partial charge in [-0.15, -0.1) is 0 Å². The molecule has 2 unspecified atom stereocenters. The van der Waals surface area contributed by atoms with Crippen LogP contribution in [-0.4, -0.2) is 65.0 Å². The van der Waals surface area contributed by atoms with E-state index in [0.29, 0.717) is 6.04 Å². The van der Waals surface area contributed by atoms with Crippen LogP contribution < -0.4 is 4.90 Å². The standard InChI is InChI=1S/C27H32N6/c1-31-15-17-33(18-16-31)23-11-5-9-21-26(23)30-27(29-21)24-12-6-10-22(32(24)2)25-20-8-4-3-7-19(20)13-14-28-25/h3-5,7-9,11,13-14,22,24H,6,10,12,15-18H2,1-2H3,(H,29,30). The summed E-state index contributed by atoms with van der Waals surface area (Å²) < 4.78 is 0. The number of nitrogens with zero attached hydrogens (tertiary/aromatic N) is 5. The first kappa shape index (κ1) is 20.6. The molecule has 33 heavy (non-hydrogen) atoms. The molecular formula is C27H32N6. The van der Waals surface area contributed by atoms with Crippen molar-refractivity contribution in [1.82, 2.24) is 24.8 Å². The van der Waals surface area contributed by atoms with Crippen LogP contribution in [0.4, 0.5) is 5.69 Å². The van der Waals surface area contributed by atoms with Gasteiger partial charge in [-0.3, -0.25) is 9.88 Å². The summed E-state index contributed by atoms with van der Waals surface area (Å²) in [7, 11) is 4.44. The summed E-state index contributed by atoms with van der Waals surface area (Å²) >= 11 is 0. The Kier molecular flexibility index (Phi) is 5.27. The predicted molar refractivity (Wildman–Crippen MR) is 135 cm³/mol. The summed E-state index contributed by atoms with van der Waals surface area (Å²) in [4.78, 5) is 21.1. The molecule has 0 saturated carbocycles. The Hall–Kier alpha value is -2.96. The Bertz CT molecular complexity index is 1270. The van der Waals surface area contributed by atoms with Crippen molar-refractivity contribution in [3.8, 4) is 0 Å². The molecule has 0 bridgehead atoms. The van der Waals surface area contributed by atoms with Crippen LogP contribution in [0.25, 0.3) is 21.8 Å². The summed E-state index contributed by atoms with van der Waals surface area (Å²) in [6.45, 7) is 4.30. The molecule has 2 saturated heterocycles. The molecule has 2 aromatic carbocycles. The maximum Gasteiger partial charge on any atom is 0.124 e. The number of hydrogen-bond acceptors (Lipinski definition) is 5. The van der Waals surface area contributed by atoms with Crippen molar-refractivity contribution >= 4 is 27.5 Å². The zero-order chi connectivity index (χ0) is 22.4. The van der Waals surface area contributed by atoms with Gasteiger partial charge in [0.15, 0.2) is 0 Å². The number of benzene rings is 2. The Morgan fingerprint density at radius 3 is 2.58 bits per heavy atom. The predicted octanol–water partition coefficient (Wildman–Crippen LogP) is 4.76. The number of aromatic nitrogens is 3. The lowest BCUT2D eigenvalue weighted by molar-refractivity contribution is 0.108. The minimum Gasteiger partial charge on any atom is -0.367 e. The van der Waals surface area contributed by atoms with Crippen molar-refractivity contribution < 1.29 is 0 Å². The van der Waals surface area contributed by atoms with E-state index in [1.165, 1.54) is 28.6 Å². The smallest absolute Gasteiger partial charge is 0.124 e. The average Bonchev–Trinajstić information content (AvgIpc) is 3.29. The number of hydrogen-bond donors (Lipinski definition) is 1. The number of likely N-dealkylation sites (tertiary alicyclic amines) is 1. The fourth-order valence-corrected chi connectivity index (χ4v) is 5.69. The van der Waals surface area contributed by atoms with E-state index in [0.717, 1.165) is 55.9 Å². The van der Waals surface area contributed by atoms with Crippen LogP contribution in [0.5, 0.6) is 0 Å². The molecule has 2 aliphatic rings. The number of fused-ring (bicyclic) bond motifs is 2. The quantitative estimate of drug-likeness (QED) is 0.498. The molecule has 6 heteroatoms. The summed E-state index contributed by atoms with van der Waals surface area (Å²) in [6, 6.07) is 17.8. The summed E-state index contributed by atoms with van der Waals surface area (Å²) in [5, 5.41) is 2.53. The van der Waals surface area contributed by atoms with Crippen LogP contribution in [0.15, 0.2) is 54.7 Å². The van der Waals surface area contributed by atoms with Gasteiger partial charge >= 0.3 is 0 Å². The van der Waals surface area contributed by atoms with Crippen LogP contribution >= 0.6 is 0 Å². The molecule has 0 spiro atoms. The van der Waals surface area contributed by atoms with E-state index in [1.54, 1.807) is 0 Å². The van der Waals surface area contributed by atoms with Gasteiger partial charge < -0.3 is 14.8 Å². The molecule has 6 nitrogen and oxygen atoms in total. The molecule has 2 atom stereocenters. The van der Waals surface area contributed by atoms with Gasteiger partial charge in [-0.2, -0.15) is 0 Å². The first-order chi connectivity index (χ1) is 16.2. The Morgan fingerprint density at radius 1 is 0.879 bits per heavy atom. The van der Waals surface area contributed by atoms with Gasteiger partial charge in [-0.25, -0.2) is 4.98 Å². The fraction of sp³-hybridized carbons (Fsp3) is 0.407. The lowest BCUT2D eigenvalue weighted by atomic mass is 9.91. The highest BCUT2D eigenvalue weighted by Crippen LogP contribution is 2.41. The molecule has 0 amide bonds. The Balaban J connectivity index is 1.34. The summed E-state index contributed by atoms with van der Waals surface area (Å²) in [5.41, 5.74) is 4.69. The van der Waals surface area contributed by atoms with Gasteiger partial charge in [0, 0.05) is 37.8 Å². The van der Waals surface area contributed by atoms with Crippen molar-refractivity contribution in [2.24, 2.45) is 0 Å².